The van der Waals surface area contributed by atoms with Gasteiger partial charge in [-0.1, -0.05) is 48.7 Å². The van der Waals surface area contributed by atoms with E-state index in [1.165, 1.54) is 0 Å². The van der Waals surface area contributed by atoms with Crippen LogP contribution in [0.5, 0.6) is 0 Å². The quantitative estimate of drug-likeness (QED) is 0.194. The van der Waals surface area contributed by atoms with Crippen LogP contribution in [-0.2, 0) is 14.1 Å². The number of benzene rings is 2. The average molecular weight is 513 g/mol. The number of unbranched alkanes of at least 4 members (excludes halogenated alkanes) is 2. The van der Waals surface area contributed by atoms with Gasteiger partial charge in [-0.25, -0.2) is 0 Å². The molecule has 0 saturated carbocycles. The Morgan fingerprint density at radius 3 is 1.53 bits per heavy atom. The molecule has 0 saturated heterocycles. The van der Waals surface area contributed by atoms with Crippen molar-refractivity contribution in [2.24, 2.45) is 0 Å². The third-order valence-corrected chi connectivity index (χ3v) is 9.03. The van der Waals surface area contributed by atoms with Gasteiger partial charge in [0.05, 0.1) is 6.16 Å². The molecule has 6 heteroatoms. The molecule has 0 atom stereocenters. The van der Waals surface area contributed by atoms with Crippen LogP contribution in [0.2, 0.25) is 0 Å². The third kappa shape index (κ3) is 7.33. The Labute approximate surface area is 216 Å². The molecule has 0 bridgehead atoms. The van der Waals surface area contributed by atoms with E-state index in [0.29, 0.717) is 48.3 Å². The average Bonchev–Trinajstić information content (AvgIpc) is 2.76. The lowest BCUT2D eigenvalue weighted by Crippen LogP contribution is -2.21. The van der Waals surface area contributed by atoms with E-state index in [2.05, 4.69) is 6.92 Å². The largest absolute Gasteiger partial charge is 0.381 e. The second kappa shape index (κ2) is 13.3. The van der Waals surface area contributed by atoms with Crippen molar-refractivity contribution in [1.82, 2.24) is 0 Å². The maximum absolute atomic E-state index is 14.5. The molecule has 0 unspecified atom stereocenters. The summed E-state index contributed by atoms with van der Waals surface area (Å²) >= 11 is 0. The number of ether oxygens (including phenoxy) is 1. The van der Waals surface area contributed by atoms with Crippen molar-refractivity contribution in [2.75, 3.05) is 19.4 Å². The summed E-state index contributed by atoms with van der Waals surface area (Å²) in [5.41, 5.74) is 3.78. The highest BCUT2D eigenvalue weighted by Gasteiger charge is 2.44. The lowest BCUT2D eigenvalue weighted by molar-refractivity contribution is -0.116. The van der Waals surface area contributed by atoms with Gasteiger partial charge in [0.15, 0.2) is 0 Å². The molecule has 0 aliphatic rings. The fourth-order valence-corrected chi connectivity index (χ4v) is 7.39. The zero-order valence-electron chi connectivity index (χ0n) is 23.0. The summed E-state index contributed by atoms with van der Waals surface area (Å²) in [6.07, 6.45) is 2.96. The van der Waals surface area contributed by atoms with E-state index in [9.17, 15) is 18.9 Å². The Morgan fingerprint density at radius 2 is 1.11 bits per heavy atom. The second-order valence-corrected chi connectivity index (χ2v) is 12.6. The Kier molecular flexibility index (Phi) is 11.0. The van der Waals surface area contributed by atoms with Crippen LogP contribution in [-0.4, -0.2) is 36.2 Å². The van der Waals surface area contributed by atoms with Crippen LogP contribution in [0.1, 0.15) is 93.1 Å². The predicted molar refractivity (Wildman–Crippen MR) is 147 cm³/mol. The molecule has 0 aromatic heterocycles. The monoisotopic (exact) mass is 512 g/mol. The number of hydrogen-bond donors (Lipinski definition) is 0. The number of Topliss-reactive ketones (excluding diaryl/α,β-unsaturated/α-hetero) is 1. The van der Waals surface area contributed by atoms with E-state index in [4.69, 9.17) is 4.74 Å². The summed E-state index contributed by atoms with van der Waals surface area (Å²) in [6, 6.07) is 7.38. The normalized spacial score (nSPS) is 11.5. The van der Waals surface area contributed by atoms with Crippen molar-refractivity contribution >= 4 is 24.0 Å². The first-order chi connectivity index (χ1) is 16.9. The standard InChI is InChI=1S/C30H41O5P/c1-8-9-13-35-14-11-10-12-26(31)19-36(34,29(32)27-22(4)15-20(2)16-23(27)5)30(33)28-24(6)17-21(3)18-25(28)7/h15-18H,8-14,19H2,1-7H3. The van der Waals surface area contributed by atoms with E-state index in [0.717, 1.165) is 24.0 Å². The Bertz CT molecular complexity index is 1060. The van der Waals surface area contributed by atoms with Crippen molar-refractivity contribution in [2.45, 2.75) is 80.6 Å². The highest BCUT2D eigenvalue weighted by Crippen LogP contribution is 2.53. The topological polar surface area (TPSA) is 77.5 Å². The summed E-state index contributed by atoms with van der Waals surface area (Å²) < 4.78 is 20.0. The molecular weight excluding hydrogens is 471 g/mol. The number of rotatable bonds is 14. The van der Waals surface area contributed by atoms with Crippen molar-refractivity contribution < 1.29 is 23.7 Å². The lowest BCUT2D eigenvalue weighted by Gasteiger charge is -2.20. The van der Waals surface area contributed by atoms with Crippen LogP contribution in [0.15, 0.2) is 24.3 Å². The van der Waals surface area contributed by atoms with Gasteiger partial charge in [0.2, 0.25) is 18.2 Å². The van der Waals surface area contributed by atoms with Crippen LogP contribution < -0.4 is 0 Å². The van der Waals surface area contributed by atoms with Crippen molar-refractivity contribution in [3.05, 3.63) is 68.8 Å². The fourth-order valence-electron chi connectivity index (χ4n) is 4.83. The summed E-state index contributed by atoms with van der Waals surface area (Å²) in [5.74, 6) is -0.321. The lowest BCUT2D eigenvalue weighted by atomic mass is 10.0. The smallest absolute Gasteiger partial charge is 0.229 e. The molecule has 0 amide bonds. The Morgan fingerprint density at radius 1 is 0.694 bits per heavy atom. The minimum atomic E-state index is -4.27. The van der Waals surface area contributed by atoms with Gasteiger partial charge in [0, 0.05) is 30.8 Å². The van der Waals surface area contributed by atoms with E-state index >= 15 is 0 Å². The maximum Gasteiger partial charge on any atom is 0.229 e. The van der Waals surface area contributed by atoms with Crippen molar-refractivity contribution in [3.8, 4) is 0 Å². The molecular formula is C30H41O5P. The van der Waals surface area contributed by atoms with Crippen LogP contribution >= 0.6 is 7.14 Å². The summed E-state index contributed by atoms with van der Waals surface area (Å²) in [5, 5.41) is 0. The first-order valence-electron chi connectivity index (χ1n) is 12.9. The van der Waals surface area contributed by atoms with Crippen LogP contribution in [0.4, 0.5) is 0 Å². The molecule has 0 fully saturated rings. The molecule has 36 heavy (non-hydrogen) atoms. The predicted octanol–water partition coefficient (Wildman–Crippen LogP) is 7.44. The number of hydrogen-bond acceptors (Lipinski definition) is 5. The Hall–Kier alpha value is -2.36. The molecule has 0 N–H and O–H groups in total. The summed E-state index contributed by atoms with van der Waals surface area (Å²) in [6.45, 7) is 14.3. The van der Waals surface area contributed by atoms with Gasteiger partial charge < -0.3 is 9.30 Å². The van der Waals surface area contributed by atoms with Gasteiger partial charge in [-0.3, -0.25) is 14.4 Å². The number of carbonyl (C=O) groups is 3. The molecule has 0 heterocycles. The first kappa shape index (κ1) is 29.9. The number of ketones is 1. The van der Waals surface area contributed by atoms with Gasteiger partial charge in [0.1, 0.15) is 5.78 Å². The second-order valence-electron chi connectivity index (χ2n) is 10.0. The number of aryl methyl sites for hydroxylation is 6. The molecule has 0 aliphatic carbocycles. The number of carbonyl (C=O) groups excluding carboxylic acids is 3. The van der Waals surface area contributed by atoms with E-state index in [1.54, 1.807) is 27.7 Å². The summed E-state index contributed by atoms with van der Waals surface area (Å²) in [7, 11) is -4.27. The molecule has 0 aliphatic heterocycles. The van der Waals surface area contributed by atoms with E-state index in [-0.39, 0.29) is 23.3 Å². The SMILES string of the molecule is CCCCOCCCCC(=O)CP(=O)(C(=O)c1c(C)cc(C)cc1C)C(=O)c1c(C)cc(C)cc1C. The first-order valence-corrected chi connectivity index (χ1v) is 14.8. The van der Waals surface area contributed by atoms with Crippen molar-refractivity contribution in [1.29, 1.82) is 0 Å². The molecule has 2 rings (SSSR count). The van der Waals surface area contributed by atoms with E-state index < -0.39 is 24.4 Å². The van der Waals surface area contributed by atoms with Crippen LogP contribution in [0, 0.1) is 41.5 Å². The van der Waals surface area contributed by atoms with Crippen LogP contribution in [0.25, 0.3) is 0 Å². The van der Waals surface area contributed by atoms with Gasteiger partial charge in [-0.2, -0.15) is 0 Å². The van der Waals surface area contributed by atoms with Gasteiger partial charge in [0.25, 0.3) is 0 Å². The van der Waals surface area contributed by atoms with E-state index in [1.807, 2.05) is 38.1 Å². The molecule has 0 radical (unpaired) electrons. The highest BCUT2D eigenvalue weighted by atomic mass is 31.2. The molecule has 0 spiro atoms. The molecule has 2 aromatic rings. The third-order valence-electron chi connectivity index (χ3n) is 6.47. The summed E-state index contributed by atoms with van der Waals surface area (Å²) in [4.78, 5) is 40.8. The minimum Gasteiger partial charge on any atom is -0.381 e. The zero-order valence-corrected chi connectivity index (χ0v) is 23.8. The molecule has 5 nitrogen and oxygen atoms in total. The molecule has 2 aromatic carbocycles. The fraction of sp³-hybridized carbons (Fsp3) is 0.500. The van der Waals surface area contributed by atoms with Gasteiger partial charge >= 0.3 is 0 Å². The van der Waals surface area contributed by atoms with Crippen LogP contribution in [0.3, 0.4) is 0 Å². The minimum absolute atomic E-state index is 0.166. The molecule has 196 valence electrons. The Balaban J connectivity index is 2.39. The maximum atomic E-state index is 14.5. The van der Waals surface area contributed by atoms with Crippen molar-refractivity contribution in [3.63, 3.8) is 0 Å². The van der Waals surface area contributed by atoms with Gasteiger partial charge in [-0.15, -0.1) is 0 Å². The van der Waals surface area contributed by atoms with Gasteiger partial charge in [-0.05, 0) is 83.1 Å². The highest BCUT2D eigenvalue weighted by molar-refractivity contribution is 7.96. The zero-order chi connectivity index (χ0) is 27.0.